The van der Waals surface area contributed by atoms with E-state index in [-0.39, 0.29) is 0 Å². The molecule has 2 N–H and O–H groups in total. The van der Waals surface area contributed by atoms with Crippen LogP contribution in [0.5, 0.6) is 0 Å². The smallest absolute Gasteiger partial charge is 0.157 e. The summed E-state index contributed by atoms with van der Waals surface area (Å²) in [4.78, 5) is 9.00. The second-order valence-electron chi connectivity index (χ2n) is 1.37. The maximum Gasteiger partial charge on any atom is 0.157 e. The topological polar surface area (TPSA) is 50.7 Å². The fourth-order valence-corrected chi connectivity index (χ4v) is 0.450. The summed E-state index contributed by atoms with van der Waals surface area (Å²) in [6.07, 6.45) is 1.74. The number of hydrogen-bond donors (Lipinski definition) is 2. The Hall–Kier alpha value is -0.580. The number of nitrogens with one attached hydrogen (secondary N) is 1. The molecule has 0 saturated carbocycles. The zero-order valence-electron chi connectivity index (χ0n) is 4.26. The van der Waals surface area contributed by atoms with Crippen molar-refractivity contribution < 1.29 is 15.0 Å². The van der Waals surface area contributed by atoms with E-state index < -0.39 is 0 Å². The number of rotatable bonds is 2. The molecule has 1 rings (SSSR count). The molecule has 0 amide bonds. The molecule has 0 unspecified atom stereocenters. The van der Waals surface area contributed by atoms with Crippen LogP contribution in [0.1, 0.15) is 0 Å². The summed E-state index contributed by atoms with van der Waals surface area (Å²) in [5.74, 6) is 0.618. The summed E-state index contributed by atoms with van der Waals surface area (Å²) < 4.78 is 0. The Balaban J connectivity index is 2.23. The fraction of sp³-hybridized carbons (Fsp3) is 0.500. The molecule has 0 aromatic heterocycles. The van der Waals surface area contributed by atoms with Gasteiger partial charge in [-0.05, 0) is 6.08 Å². The molecule has 0 aromatic rings. The van der Waals surface area contributed by atoms with Crippen molar-refractivity contribution in [2.75, 3.05) is 13.2 Å². The van der Waals surface area contributed by atoms with E-state index in [9.17, 15) is 0 Å². The third-order valence-electron chi connectivity index (χ3n) is 0.798. The van der Waals surface area contributed by atoms with Crippen LogP contribution in [0.3, 0.4) is 0 Å². The van der Waals surface area contributed by atoms with Gasteiger partial charge >= 0.3 is 0 Å². The Kier molecular flexibility index (Phi) is 1.85. The van der Waals surface area contributed by atoms with Gasteiger partial charge in [-0.15, -0.1) is 0 Å². The Morgan fingerprint density at radius 2 is 2.75 bits per heavy atom. The Labute approximate surface area is 46.6 Å². The van der Waals surface area contributed by atoms with E-state index >= 15 is 0 Å². The lowest BCUT2D eigenvalue weighted by molar-refractivity contribution is -0.235. The van der Waals surface area contributed by atoms with Gasteiger partial charge in [0.05, 0.1) is 6.54 Å². The van der Waals surface area contributed by atoms with Crippen LogP contribution in [0, 0.1) is 0 Å². The minimum atomic E-state index is 0.306. The predicted octanol–water partition coefficient (Wildman–Crippen LogP) is -0.189. The standard InChI is InChI=1S/C4H7NO3/c6-5-3-4-1-2-7-8-4/h1,5-6H,2-3H2. The molecular formula is C4H7NO3. The minimum Gasteiger partial charge on any atom is -0.341 e. The van der Waals surface area contributed by atoms with Crippen LogP contribution >= 0.6 is 0 Å². The molecule has 1 aliphatic heterocycles. The summed E-state index contributed by atoms with van der Waals surface area (Å²) in [6.45, 7) is 0.775. The van der Waals surface area contributed by atoms with Crippen molar-refractivity contribution >= 4 is 0 Å². The van der Waals surface area contributed by atoms with Gasteiger partial charge in [0.25, 0.3) is 0 Å². The molecule has 0 bridgehead atoms. The number of hydroxylamine groups is 1. The highest BCUT2D eigenvalue weighted by Crippen LogP contribution is 2.03. The first-order chi connectivity index (χ1) is 3.93. The first-order valence-corrected chi connectivity index (χ1v) is 2.29. The first-order valence-electron chi connectivity index (χ1n) is 2.29. The molecule has 0 aromatic carbocycles. The van der Waals surface area contributed by atoms with Crippen LogP contribution in [-0.2, 0) is 9.78 Å². The quantitative estimate of drug-likeness (QED) is 0.389. The zero-order valence-corrected chi connectivity index (χ0v) is 4.26. The SMILES string of the molecule is ONCC1=CCOO1. The summed E-state index contributed by atoms with van der Waals surface area (Å²) >= 11 is 0. The van der Waals surface area contributed by atoms with Gasteiger partial charge in [-0.25, -0.2) is 0 Å². The van der Waals surface area contributed by atoms with Gasteiger partial charge in [-0.3, -0.25) is 0 Å². The third kappa shape index (κ3) is 1.19. The molecule has 0 atom stereocenters. The molecule has 0 fully saturated rings. The van der Waals surface area contributed by atoms with Crippen LogP contribution in [-0.4, -0.2) is 18.4 Å². The van der Waals surface area contributed by atoms with Crippen molar-refractivity contribution in [3.63, 3.8) is 0 Å². The maximum absolute atomic E-state index is 8.10. The molecule has 0 spiro atoms. The second kappa shape index (κ2) is 2.66. The van der Waals surface area contributed by atoms with Gasteiger partial charge in [0.1, 0.15) is 6.61 Å². The molecule has 1 aliphatic rings. The van der Waals surface area contributed by atoms with E-state index in [1.165, 1.54) is 0 Å². The highest BCUT2D eigenvalue weighted by atomic mass is 17.2. The summed E-state index contributed by atoms with van der Waals surface area (Å²) in [5, 5.41) is 8.10. The van der Waals surface area contributed by atoms with Gasteiger partial charge in [0.15, 0.2) is 5.76 Å². The minimum absolute atomic E-state index is 0.306. The van der Waals surface area contributed by atoms with Crippen LogP contribution in [0.25, 0.3) is 0 Å². The molecule has 0 radical (unpaired) electrons. The van der Waals surface area contributed by atoms with Gasteiger partial charge in [0.2, 0.25) is 0 Å². The molecule has 4 nitrogen and oxygen atoms in total. The van der Waals surface area contributed by atoms with E-state index in [1.54, 1.807) is 6.08 Å². The lowest BCUT2D eigenvalue weighted by Crippen LogP contribution is -2.10. The average molecular weight is 117 g/mol. The van der Waals surface area contributed by atoms with Crippen LogP contribution in [0.15, 0.2) is 11.8 Å². The number of hydrogen-bond acceptors (Lipinski definition) is 4. The third-order valence-corrected chi connectivity index (χ3v) is 0.798. The Bertz CT molecular complexity index is 101. The van der Waals surface area contributed by atoms with Gasteiger partial charge < -0.3 is 10.1 Å². The average Bonchev–Trinajstić information content (AvgIpc) is 2.19. The molecular weight excluding hydrogens is 110 g/mol. The largest absolute Gasteiger partial charge is 0.341 e. The normalized spacial score (nSPS) is 17.9. The lowest BCUT2D eigenvalue weighted by Gasteiger charge is -1.95. The predicted molar refractivity (Wildman–Crippen MR) is 24.9 cm³/mol. The molecule has 4 heteroatoms. The first kappa shape index (κ1) is 5.55. The highest BCUT2D eigenvalue weighted by Gasteiger charge is 2.03. The van der Waals surface area contributed by atoms with E-state index in [0.717, 1.165) is 0 Å². The molecule has 1 heterocycles. The highest BCUT2D eigenvalue weighted by molar-refractivity contribution is 4.95. The molecule has 46 valence electrons. The van der Waals surface area contributed by atoms with Crippen LogP contribution < -0.4 is 5.48 Å². The van der Waals surface area contributed by atoms with Crippen molar-refractivity contribution in [2.45, 2.75) is 0 Å². The zero-order chi connectivity index (χ0) is 5.82. The molecule has 0 saturated heterocycles. The van der Waals surface area contributed by atoms with E-state index in [4.69, 9.17) is 5.21 Å². The van der Waals surface area contributed by atoms with Crippen LogP contribution in [0.2, 0.25) is 0 Å². The van der Waals surface area contributed by atoms with Crippen molar-refractivity contribution in [3.05, 3.63) is 11.8 Å². The molecule has 0 aliphatic carbocycles. The van der Waals surface area contributed by atoms with Crippen molar-refractivity contribution in [3.8, 4) is 0 Å². The molecule has 8 heavy (non-hydrogen) atoms. The Morgan fingerprint density at radius 3 is 3.25 bits per heavy atom. The van der Waals surface area contributed by atoms with E-state index in [2.05, 4.69) is 9.78 Å². The van der Waals surface area contributed by atoms with Crippen molar-refractivity contribution in [1.82, 2.24) is 5.48 Å². The Morgan fingerprint density at radius 1 is 1.88 bits per heavy atom. The van der Waals surface area contributed by atoms with E-state index in [1.807, 2.05) is 5.48 Å². The van der Waals surface area contributed by atoms with Gasteiger partial charge in [0, 0.05) is 0 Å². The van der Waals surface area contributed by atoms with Crippen LogP contribution in [0.4, 0.5) is 0 Å². The van der Waals surface area contributed by atoms with Crippen molar-refractivity contribution in [1.29, 1.82) is 0 Å². The lowest BCUT2D eigenvalue weighted by atomic mass is 10.5. The maximum atomic E-state index is 8.10. The van der Waals surface area contributed by atoms with Crippen molar-refractivity contribution in [2.24, 2.45) is 0 Å². The summed E-state index contributed by atoms with van der Waals surface area (Å²) in [5.41, 5.74) is 1.94. The second-order valence-corrected chi connectivity index (χ2v) is 1.37. The fourth-order valence-electron chi connectivity index (χ4n) is 0.450. The summed E-state index contributed by atoms with van der Waals surface area (Å²) in [6, 6.07) is 0. The monoisotopic (exact) mass is 117 g/mol. The summed E-state index contributed by atoms with van der Waals surface area (Å²) in [7, 11) is 0. The van der Waals surface area contributed by atoms with E-state index in [0.29, 0.717) is 18.9 Å². The van der Waals surface area contributed by atoms with Gasteiger partial charge in [-0.2, -0.15) is 10.4 Å². The van der Waals surface area contributed by atoms with Gasteiger partial charge in [-0.1, -0.05) is 0 Å².